The van der Waals surface area contributed by atoms with E-state index in [0.717, 1.165) is 70.0 Å². The Kier molecular flexibility index (Phi) is 8.82. The van der Waals surface area contributed by atoms with Gasteiger partial charge >= 0.3 is 5.97 Å². The Hall–Kier alpha value is -4.13. The number of esters is 1. The molecule has 3 aliphatic rings. The number of rotatable bonds is 13. The van der Waals surface area contributed by atoms with Crippen molar-refractivity contribution in [2.75, 3.05) is 33.2 Å². The number of carbonyl (C=O) groups is 1. The van der Waals surface area contributed by atoms with E-state index in [1.54, 1.807) is 0 Å². The lowest BCUT2D eigenvalue weighted by Gasteiger charge is -2.41. The largest absolute Gasteiger partial charge is 0.458 e. The molecule has 244 valence electrons. The fourth-order valence-corrected chi connectivity index (χ4v) is 7.21. The molecule has 0 amide bonds. The normalized spacial score (nSPS) is 18.3. The molecule has 2 fully saturated rings. The molecule has 1 unspecified atom stereocenters. The van der Waals surface area contributed by atoms with Crippen molar-refractivity contribution in [1.29, 1.82) is 0 Å². The fraction of sp³-hybridized carbons (Fsp3) is 0.390. The summed E-state index contributed by atoms with van der Waals surface area (Å²) in [6, 6.07) is 28.3. The molecule has 0 aromatic heterocycles. The van der Waals surface area contributed by atoms with Crippen LogP contribution in [0.25, 0.3) is 11.1 Å². The SMILES string of the molecule is CCC1c2cc(OCOc3ccc(CC4(CC)COC4)cc3)ccc2-c2ccc(OC(=O)c3ccc(CC4(CC)COC4)cc3)cc21. The highest BCUT2D eigenvalue weighted by atomic mass is 16.7. The third-order valence-electron chi connectivity index (χ3n) is 10.6. The van der Waals surface area contributed by atoms with Crippen molar-refractivity contribution in [1.82, 2.24) is 0 Å². The molecule has 0 radical (unpaired) electrons. The van der Waals surface area contributed by atoms with Crippen molar-refractivity contribution in [2.24, 2.45) is 10.8 Å². The topological polar surface area (TPSA) is 63.2 Å². The summed E-state index contributed by atoms with van der Waals surface area (Å²) in [5, 5.41) is 0. The summed E-state index contributed by atoms with van der Waals surface area (Å²) in [5.41, 5.74) is 8.34. The van der Waals surface area contributed by atoms with Gasteiger partial charge in [0.15, 0.2) is 0 Å². The predicted octanol–water partition coefficient (Wildman–Crippen LogP) is 8.78. The summed E-state index contributed by atoms with van der Waals surface area (Å²) in [6.45, 7) is 10.1. The number of fused-ring (bicyclic) bond motifs is 3. The van der Waals surface area contributed by atoms with E-state index in [-0.39, 0.29) is 29.5 Å². The van der Waals surface area contributed by atoms with Gasteiger partial charge in [-0.2, -0.15) is 0 Å². The van der Waals surface area contributed by atoms with E-state index in [1.165, 1.54) is 33.4 Å². The van der Waals surface area contributed by atoms with E-state index in [2.05, 4.69) is 51.1 Å². The molecule has 0 N–H and O–H groups in total. The van der Waals surface area contributed by atoms with Gasteiger partial charge in [-0.05, 0) is 114 Å². The van der Waals surface area contributed by atoms with Gasteiger partial charge in [-0.1, -0.05) is 57.2 Å². The summed E-state index contributed by atoms with van der Waals surface area (Å²) in [7, 11) is 0. The van der Waals surface area contributed by atoms with Gasteiger partial charge in [-0.25, -0.2) is 4.79 Å². The number of hydrogen-bond donors (Lipinski definition) is 0. The first kappa shape index (κ1) is 31.5. The quantitative estimate of drug-likeness (QED) is 0.0834. The minimum atomic E-state index is -0.347. The van der Waals surface area contributed by atoms with Gasteiger partial charge in [0, 0.05) is 16.7 Å². The average molecular weight is 633 g/mol. The van der Waals surface area contributed by atoms with Crippen LogP contribution in [0.1, 0.15) is 78.6 Å². The van der Waals surface area contributed by atoms with Crippen molar-refractivity contribution in [2.45, 2.75) is 58.8 Å². The minimum absolute atomic E-state index is 0.129. The van der Waals surface area contributed by atoms with E-state index in [1.807, 2.05) is 54.6 Å². The molecule has 1 aliphatic carbocycles. The Labute approximate surface area is 278 Å². The van der Waals surface area contributed by atoms with Crippen molar-refractivity contribution >= 4 is 5.97 Å². The van der Waals surface area contributed by atoms with E-state index >= 15 is 0 Å². The molecule has 0 bridgehead atoms. The predicted molar refractivity (Wildman–Crippen MR) is 182 cm³/mol. The second kappa shape index (κ2) is 13.2. The highest BCUT2D eigenvalue weighted by Gasteiger charge is 2.37. The van der Waals surface area contributed by atoms with Gasteiger partial charge in [0.05, 0.1) is 32.0 Å². The van der Waals surface area contributed by atoms with E-state index < -0.39 is 0 Å². The maximum Gasteiger partial charge on any atom is 0.343 e. The summed E-state index contributed by atoms with van der Waals surface area (Å²) in [4.78, 5) is 13.1. The summed E-state index contributed by atoms with van der Waals surface area (Å²) >= 11 is 0. The highest BCUT2D eigenvalue weighted by molar-refractivity contribution is 5.91. The van der Waals surface area contributed by atoms with E-state index in [4.69, 9.17) is 23.7 Å². The minimum Gasteiger partial charge on any atom is -0.458 e. The van der Waals surface area contributed by atoms with Gasteiger partial charge in [0.2, 0.25) is 6.79 Å². The van der Waals surface area contributed by atoms with E-state index in [9.17, 15) is 4.79 Å². The van der Waals surface area contributed by atoms with Crippen LogP contribution in [-0.4, -0.2) is 39.2 Å². The molecule has 1 atom stereocenters. The number of carbonyl (C=O) groups excluding carboxylic acids is 1. The maximum absolute atomic E-state index is 13.1. The average Bonchev–Trinajstić information content (AvgIpc) is 3.37. The van der Waals surface area contributed by atoms with Crippen molar-refractivity contribution in [3.8, 4) is 28.4 Å². The second-order valence-electron chi connectivity index (χ2n) is 13.6. The van der Waals surface area contributed by atoms with Gasteiger partial charge < -0.3 is 23.7 Å². The zero-order chi connectivity index (χ0) is 32.4. The van der Waals surface area contributed by atoms with Crippen molar-refractivity contribution in [3.63, 3.8) is 0 Å². The Bertz CT molecular complexity index is 1710. The van der Waals surface area contributed by atoms with Gasteiger partial charge in [0.1, 0.15) is 17.2 Å². The van der Waals surface area contributed by atoms with Crippen molar-refractivity contribution in [3.05, 3.63) is 113 Å². The first-order valence-corrected chi connectivity index (χ1v) is 17.0. The van der Waals surface area contributed by atoms with Crippen LogP contribution in [0.2, 0.25) is 0 Å². The first-order chi connectivity index (χ1) is 22.9. The zero-order valence-corrected chi connectivity index (χ0v) is 27.7. The number of ether oxygens (including phenoxy) is 5. The Morgan fingerprint density at radius 3 is 1.66 bits per heavy atom. The molecule has 6 heteroatoms. The van der Waals surface area contributed by atoms with Crippen LogP contribution in [0.15, 0.2) is 84.9 Å². The zero-order valence-electron chi connectivity index (χ0n) is 27.7. The summed E-state index contributed by atoms with van der Waals surface area (Å²) < 4.78 is 28.8. The van der Waals surface area contributed by atoms with Gasteiger partial charge in [-0.3, -0.25) is 0 Å². The molecule has 6 nitrogen and oxygen atoms in total. The highest BCUT2D eigenvalue weighted by Crippen LogP contribution is 2.48. The molecular weight excluding hydrogens is 588 g/mol. The van der Waals surface area contributed by atoms with Gasteiger partial charge in [0.25, 0.3) is 0 Å². The van der Waals surface area contributed by atoms with E-state index in [0.29, 0.717) is 11.3 Å². The molecule has 4 aromatic rings. The van der Waals surface area contributed by atoms with Crippen LogP contribution in [0.3, 0.4) is 0 Å². The van der Waals surface area contributed by atoms with Crippen LogP contribution in [-0.2, 0) is 22.3 Å². The van der Waals surface area contributed by atoms with Crippen LogP contribution in [0.5, 0.6) is 17.2 Å². The molecule has 4 aromatic carbocycles. The Morgan fingerprint density at radius 1 is 0.660 bits per heavy atom. The molecule has 47 heavy (non-hydrogen) atoms. The fourth-order valence-electron chi connectivity index (χ4n) is 7.21. The molecule has 0 saturated carbocycles. The van der Waals surface area contributed by atoms with Crippen LogP contribution in [0, 0.1) is 10.8 Å². The van der Waals surface area contributed by atoms with Crippen molar-refractivity contribution < 1.29 is 28.5 Å². The number of benzene rings is 4. The Morgan fingerprint density at radius 2 is 1.15 bits per heavy atom. The van der Waals surface area contributed by atoms with Crippen LogP contribution < -0.4 is 14.2 Å². The molecule has 2 saturated heterocycles. The maximum atomic E-state index is 13.1. The summed E-state index contributed by atoms with van der Waals surface area (Å²) in [6.07, 6.45) is 5.13. The van der Waals surface area contributed by atoms with Crippen LogP contribution >= 0.6 is 0 Å². The molecular formula is C41H44O6. The third-order valence-corrected chi connectivity index (χ3v) is 10.6. The molecule has 2 aliphatic heterocycles. The first-order valence-electron chi connectivity index (χ1n) is 17.0. The monoisotopic (exact) mass is 632 g/mol. The smallest absolute Gasteiger partial charge is 0.343 e. The lowest BCUT2D eigenvalue weighted by Crippen LogP contribution is -2.43. The lowest BCUT2D eigenvalue weighted by molar-refractivity contribution is -0.114. The third kappa shape index (κ3) is 6.41. The number of hydrogen-bond acceptors (Lipinski definition) is 6. The summed E-state index contributed by atoms with van der Waals surface area (Å²) in [5.74, 6) is 1.95. The van der Waals surface area contributed by atoms with Gasteiger partial charge in [-0.15, -0.1) is 0 Å². The lowest BCUT2D eigenvalue weighted by atomic mass is 9.77. The Balaban J connectivity index is 0.963. The molecule has 7 rings (SSSR count). The second-order valence-corrected chi connectivity index (χ2v) is 13.6. The standard InChI is InChI=1S/C41H44O6/c1-4-34-37-19-32(46-27-45-31-13-9-29(10-14-31)22-41(6-3)25-44-26-41)15-17-35(37)36-18-16-33(20-38(34)36)47-39(42)30-11-7-28(8-12-30)21-40(5-2)23-43-24-40/h7-20,34H,4-6,21-27H2,1-3H3. The molecule has 2 heterocycles. The molecule has 0 spiro atoms. The van der Waals surface area contributed by atoms with Crippen LogP contribution in [0.4, 0.5) is 0 Å².